The zero-order chi connectivity index (χ0) is 11.1. The van der Waals surface area contributed by atoms with Crippen LogP contribution in [0.2, 0.25) is 0 Å². The molecule has 0 aromatic carbocycles. The van der Waals surface area contributed by atoms with Gasteiger partial charge in [-0.3, -0.25) is 5.32 Å². The number of hydrogen-bond acceptors (Lipinski definition) is 3. The fourth-order valence-electron chi connectivity index (χ4n) is 2.85. The largest absolute Gasteiger partial charge is 0.359 e. The maximum absolute atomic E-state index is 6.00. The molecule has 0 spiro atoms. The van der Waals surface area contributed by atoms with E-state index >= 15 is 0 Å². The molecule has 2 aliphatic rings. The third-order valence-electron chi connectivity index (χ3n) is 3.82. The molecule has 2 aliphatic heterocycles. The Balaban J connectivity index is 0.00000128. The summed E-state index contributed by atoms with van der Waals surface area (Å²) < 4.78 is 6.00. The van der Waals surface area contributed by atoms with E-state index in [1.807, 2.05) is 0 Å². The smallest absolute Gasteiger partial charge is 0.119 e. The minimum atomic E-state index is -0.0925. The van der Waals surface area contributed by atoms with Crippen molar-refractivity contribution >= 4 is 12.4 Å². The lowest BCUT2D eigenvalue weighted by molar-refractivity contribution is -0.0604. The van der Waals surface area contributed by atoms with Crippen molar-refractivity contribution in [2.75, 3.05) is 26.7 Å². The summed E-state index contributed by atoms with van der Waals surface area (Å²) in [5, 5.41) is 3.65. The van der Waals surface area contributed by atoms with Gasteiger partial charge >= 0.3 is 0 Å². The highest BCUT2D eigenvalue weighted by Gasteiger charge is 2.45. The molecule has 1 unspecified atom stereocenters. The Kier molecular flexibility index (Phi) is 4.28. The monoisotopic (exact) mass is 248 g/mol. The van der Waals surface area contributed by atoms with Crippen LogP contribution in [0.4, 0.5) is 0 Å². The second-order valence-electron chi connectivity index (χ2n) is 5.98. The van der Waals surface area contributed by atoms with E-state index in [0.29, 0.717) is 5.92 Å². The summed E-state index contributed by atoms with van der Waals surface area (Å²) in [6.45, 7) is 9.88. The summed E-state index contributed by atoms with van der Waals surface area (Å²) in [6.07, 6.45) is 2.49. The van der Waals surface area contributed by atoms with Gasteiger partial charge < -0.3 is 9.64 Å². The van der Waals surface area contributed by atoms with Gasteiger partial charge in [-0.05, 0) is 53.8 Å². The molecule has 0 aromatic heterocycles. The molecule has 2 saturated heterocycles. The van der Waals surface area contributed by atoms with Gasteiger partial charge in [-0.1, -0.05) is 0 Å². The van der Waals surface area contributed by atoms with Crippen LogP contribution < -0.4 is 5.32 Å². The Hall–Kier alpha value is 0.170. The molecule has 3 nitrogen and oxygen atoms in total. The molecule has 2 fully saturated rings. The maximum atomic E-state index is 6.00. The number of ether oxygens (including phenoxy) is 1. The number of hydrogen-bond donors (Lipinski definition) is 1. The molecule has 0 saturated carbocycles. The van der Waals surface area contributed by atoms with Gasteiger partial charge in [-0.25, -0.2) is 0 Å². The zero-order valence-corrected chi connectivity index (χ0v) is 11.7. The SMILES string of the molecule is CN1CCC(C2(C)NC(C)(C)CO2)CC1.Cl. The number of likely N-dealkylation sites (tertiary alicyclic amines) is 1. The Bertz CT molecular complexity index is 239. The fourth-order valence-corrected chi connectivity index (χ4v) is 2.85. The average molecular weight is 249 g/mol. The third-order valence-corrected chi connectivity index (χ3v) is 3.82. The number of halogens is 1. The van der Waals surface area contributed by atoms with Crippen molar-refractivity contribution in [2.24, 2.45) is 5.92 Å². The molecule has 0 aromatic rings. The number of nitrogens with zero attached hydrogens (tertiary/aromatic N) is 1. The lowest BCUT2D eigenvalue weighted by atomic mass is 9.87. The predicted octanol–water partition coefficient (Wildman–Crippen LogP) is 1.86. The highest BCUT2D eigenvalue weighted by molar-refractivity contribution is 5.85. The summed E-state index contributed by atoms with van der Waals surface area (Å²) in [4.78, 5) is 2.40. The second kappa shape index (κ2) is 4.81. The van der Waals surface area contributed by atoms with Gasteiger partial charge in [0.05, 0.1) is 6.61 Å². The van der Waals surface area contributed by atoms with E-state index in [1.54, 1.807) is 0 Å². The Morgan fingerprint density at radius 3 is 2.19 bits per heavy atom. The number of nitrogens with one attached hydrogen (secondary N) is 1. The minimum Gasteiger partial charge on any atom is -0.359 e. The molecule has 0 bridgehead atoms. The first-order chi connectivity index (χ1) is 6.91. The van der Waals surface area contributed by atoms with Crippen LogP contribution in [0.3, 0.4) is 0 Å². The van der Waals surface area contributed by atoms with Gasteiger partial charge in [-0.15, -0.1) is 12.4 Å². The van der Waals surface area contributed by atoms with Crippen molar-refractivity contribution < 1.29 is 4.74 Å². The Morgan fingerprint density at radius 2 is 1.75 bits per heavy atom. The standard InChI is InChI=1S/C12H24N2O.ClH/c1-11(2)9-15-12(3,13-11)10-5-7-14(4)8-6-10;/h10,13H,5-9H2,1-4H3;1H. The van der Waals surface area contributed by atoms with Crippen LogP contribution in [0.25, 0.3) is 0 Å². The first-order valence-corrected chi connectivity index (χ1v) is 6.03. The lowest BCUT2D eigenvalue weighted by Gasteiger charge is -2.39. The molecule has 96 valence electrons. The van der Waals surface area contributed by atoms with Crippen LogP contribution in [0.1, 0.15) is 33.6 Å². The minimum absolute atomic E-state index is 0. The van der Waals surface area contributed by atoms with Crippen molar-refractivity contribution in [3.8, 4) is 0 Å². The summed E-state index contributed by atoms with van der Waals surface area (Å²) in [5.41, 5.74) is 0.0445. The van der Waals surface area contributed by atoms with E-state index < -0.39 is 0 Å². The van der Waals surface area contributed by atoms with Crippen molar-refractivity contribution in [2.45, 2.75) is 44.9 Å². The Labute approximate surface area is 105 Å². The molecule has 16 heavy (non-hydrogen) atoms. The molecular formula is C12H25ClN2O. The highest BCUT2D eigenvalue weighted by atomic mass is 35.5. The van der Waals surface area contributed by atoms with E-state index in [9.17, 15) is 0 Å². The molecule has 0 amide bonds. The molecule has 1 N–H and O–H groups in total. The Morgan fingerprint density at radius 1 is 1.19 bits per heavy atom. The summed E-state index contributed by atoms with van der Waals surface area (Å²) in [5.74, 6) is 0.662. The quantitative estimate of drug-likeness (QED) is 0.767. The lowest BCUT2D eigenvalue weighted by Crippen LogP contribution is -2.53. The van der Waals surface area contributed by atoms with Gasteiger partial charge in [0.2, 0.25) is 0 Å². The molecule has 4 heteroatoms. The molecule has 0 radical (unpaired) electrons. The van der Waals surface area contributed by atoms with Crippen molar-refractivity contribution in [3.05, 3.63) is 0 Å². The van der Waals surface area contributed by atoms with Gasteiger partial charge in [0.15, 0.2) is 0 Å². The zero-order valence-electron chi connectivity index (χ0n) is 10.9. The number of piperidine rings is 1. The van der Waals surface area contributed by atoms with Crippen LogP contribution in [0.15, 0.2) is 0 Å². The molecule has 0 aliphatic carbocycles. The van der Waals surface area contributed by atoms with Crippen LogP contribution in [-0.4, -0.2) is 42.9 Å². The van der Waals surface area contributed by atoms with E-state index in [2.05, 4.69) is 38.0 Å². The number of rotatable bonds is 1. The van der Waals surface area contributed by atoms with Crippen molar-refractivity contribution in [1.29, 1.82) is 0 Å². The first-order valence-electron chi connectivity index (χ1n) is 6.03. The van der Waals surface area contributed by atoms with Gasteiger partial charge in [0, 0.05) is 11.5 Å². The topological polar surface area (TPSA) is 24.5 Å². The van der Waals surface area contributed by atoms with Gasteiger partial charge in [-0.2, -0.15) is 0 Å². The second-order valence-corrected chi connectivity index (χ2v) is 5.98. The van der Waals surface area contributed by atoms with E-state index in [1.165, 1.54) is 25.9 Å². The van der Waals surface area contributed by atoms with E-state index in [-0.39, 0.29) is 23.7 Å². The summed E-state index contributed by atoms with van der Waals surface area (Å²) >= 11 is 0. The van der Waals surface area contributed by atoms with Crippen molar-refractivity contribution in [1.82, 2.24) is 10.2 Å². The van der Waals surface area contributed by atoms with Crippen LogP contribution in [0.5, 0.6) is 0 Å². The highest BCUT2D eigenvalue weighted by Crippen LogP contribution is 2.35. The van der Waals surface area contributed by atoms with Crippen LogP contribution in [-0.2, 0) is 4.74 Å². The molecular weight excluding hydrogens is 224 g/mol. The van der Waals surface area contributed by atoms with Gasteiger partial charge in [0.1, 0.15) is 5.72 Å². The van der Waals surface area contributed by atoms with E-state index in [0.717, 1.165) is 6.61 Å². The van der Waals surface area contributed by atoms with Gasteiger partial charge in [0.25, 0.3) is 0 Å². The fraction of sp³-hybridized carbons (Fsp3) is 1.00. The maximum Gasteiger partial charge on any atom is 0.119 e. The molecule has 1 atom stereocenters. The first kappa shape index (κ1) is 14.2. The van der Waals surface area contributed by atoms with Crippen molar-refractivity contribution in [3.63, 3.8) is 0 Å². The summed E-state index contributed by atoms with van der Waals surface area (Å²) in [7, 11) is 2.20. The van der Waals surface area contributed by atoms with E-state index in [4.69, 9.17) is 4.74 Å². The van der Waals surface area contributed by atoms with Crippen LogP contribution >= 0.6 is 12.4 Å². The third kappa shape index (κ3) is 2.89. The normalized spacial score (nSPS) is 36.0. The molecule has 2 rings (SSSR count). The average Bonchev–Trinajstić information content (AvgIpc) is 2.43. The molecule has 2 heterocycles. The van der Waals surface area contributed by atoms with Crippen LogP contribution in [0, 0.1) is 5.92 Å². The predicted molar refractivity (Wildman–Crippen MR) is 69.0 cm³/mol. The summed E-state index contributed by atoms with van der Waals surface area (Å²) in [6, 6.07) is 0.